The van der Waals surface area contributed by atoms with Gasteiger partial charge in [-0.2, -0.15) is 0 Å². The SMILES string of the molecule is CNC1CCN(C(=O)c2c[nH]c3ccccc23)C1. The lowest BCUT2D eigenvalue weighted by molar-refractivity contribution is 0.0791. The van der Waals surface area contributed by atoms with Crippen LogP contribution in [0.4, 0.5) is 0 Å². The molecule has 1 saturated heterocycles. The third-order valence-corrected chi connectivity index (χ3v) is 3.70. The van der Waals surface area contributed by atoms with Crippen molar-refractivity contribution in [3.8, 4) is 0 Å². The molecule has 0 saturated carbocycles. The largest absolute Gasteiger partial charge is 0.360 e. The number of amides is 1. The number of para-hydroxylation sites is 1. The molecule has 2 heterocycles. The number of nitrogens with one attached hydrogen (secondary N) is 2. The van der Waals surface area contributed by atoms with E-state index in [4.69, 9.17) is 0 Å². The van der Waals surface area contributed by atoms with Gasteiger partial charge in [0.15, 0.2) is 0 Å². The molecule has 1 aliphatic rings. The van der Waals surface area contributed by atoms with Crippen LogP contribution in [0.3, 0.4) is 0 Å². The van der Waals surface area contributed by atoms with Crippen molar-refractivity contribution in [2.24, 2.45) is 0 Å². The Labute approximate surface area is 106 Å². The van der Waals surface area contributed by atoms with Gasteiger partial charge in [0.05, 0.1) is 5.56 Å². The van der Waals surface area contributed by atoms with Gasteiger partial charge in [-0.15, -0.1) is 0 Å². The average molecular weight is 243 g/mol. The van der Waals surface area contributed by atoms with Crippen molar-refractivity contribution in [1.29, 1.82) is 0 Å². The number of aromatic nitrogens is 1. The number of rotatable bonds is 2. The van der Waals surface area contributed by atoms with Gasteiger partial charge in [0.25, 0.3) is 5.91 Å². The molecule has 1 fully saturated rings. The van der Waals surface area contributed by atoms with Crippen molar-refractivity contribution in [3.63, 3.8) is 0 Å². The number of hydrogen-bond donors (Lipinski definition) is 2. The highest BCUT2D eigenvalue weighted by atomic mass is 16.2. The zero-order valence-electron chi connectivity index (χ0n) is 10.4. The smallest absolute Gasteiger partial charge is 0.256 e. The van der Waals surface area contributed by atoms with Gasteiger partial charge >= 0.3 is 0 Å². The van der Waals surface area contributed by atoms with Crippen LogP contribution in [0.25, 0.3) is 10.9 Å². The number of H-pyrrole nitrogens is 1. The number of aromatic amines is 1. The van der Waals surface area contributed by atoms with Crippen molar-refractivity contribution in [1.82, 2.24) is 15.2 Å². The van der Waals surface area contributed by atoms with Crippen molar-refractivity contribution in [3.05, 3.63) is 36.0 Å². The van der Waals surface area contributed by atoms with E-state index in [1.807, 2.05) is 42.4 Å². The standard InChI is InChI=1S/C14H17N3O/c1-15-10-6-7-17(9-10)14(18)12-8-16-13-5-3-2-4-11(12)13/h2-5,8,10,15-16H,6-7,9H2,1H3. The first kappa shape index (κ1) is 11.3. The lowest BCUT2D eigenvalue weighted by Crippen LogP contribution is -2.33. The number of benzene rings is 1. The molecule has 0 spiro atoms. The minimum absolute atomic E-state index is 0.130. The summed E-state index contributed by atoms with van der Waals surface area (Å²) in [4.78, 5) is 17.5. The second-order valence-electron chi connectivity index (χ2n) is 4.77. The second-order valence-corrected chi connectivity index (χ2v) is 4.77. The van der Waals surface area contributed by atoms with Gasteiger partial charge in [-0.3, -0.25) is 4.79 Å². The molecule has 1 unspecified atom stereocenters. The molecule has 1 atom stereocenters. The van der Waals surface area contributed by atoms with E-state index in [2.05, 4.69) is 10.3 Å². The molecule has 1 aromatic heterocycles. The van der Waals surface area contributed by atoms with E-state index in [-0.39, 0.29) is 5.91 Å². The zero-order chi connectivity index (χ0) is 12.5. The highest BCUT2D eigenvalue weighted by molar-refractivity contribution is 6.06. The predicted octanol–water partition coefficient (Wildman–Crippen LogP) is 1.60. The molecule has 4 nitrogen and oxygen atoms in total. The highest BCUT2D eigenvalue weighted by Crippen LogP contribution is 2.21. The van der Waals surface area contributed by atoms with Crippen molar-refractivity contribution < 1.29 is 4.79 Å². The van der Waals surface area contributed by atoms with E-state index >= 15 is 0 Å². The molecular formula is C14H17N3O. The molecule has 0 aliphatic carbocycles. The molecule has 3 rings (SSSR count). The monoisotopic (exact) mass is 243 g/mol. The van der Waals surface area contributed by atoms with Crippen molar-refractivity contribution >= 4 is 16.8 Å². The second kappa shape index (κ2) is 4.46. The fourth-order valence-electron chi connectivity index (χ4n) is 2.60. The third kappa shape index (κ3) is 1.78. The van der Waals surface area contributed by atoms with Gasteiger partial charge in [0.2, 0.25) is 0 Å². The molecule has 1 aliphatic heterocycles. The lowest BCUT2D eigenvalue weighted by Gasteiger charge is -2.15. The van der Waals surface area contributed by atoms with E-state index in [1.54, 1.807) is 0 Å². The van der Waals surface area contributed by atoms with Crippen LogP contribution < -0.4 is 5.32 Å². The van der Waals surface area contributed by atoms with E-state index in [0.29, 0.717) is 6.04 Å². The zero-order valence-corrected chi connectivity index (χ0v) is 10.4. The number of nitrogens with zero attached hydrogens (tertiary/aromatic N) is 1. The Balaban J connectivity index is 1.89. The number of fused-ring (bicyclic) bond motifs is 1. The number of carbonyl (C=O) groups excluding carboxylic acids is 1. The number of likely N-dealkylation sites (tertiary alicyclic amines) is 1. The Bertz CT molecular complexity index is 575. The fourth-order valence-corrected chi connectivity index (χ4v) is 2.60. The summed E-state index contributed by atoms with van der Waals surface area (Å²) in [5.41, 5.74) is 1.80. The van der Waals surface area contributed by atoms with Crippen LogP contribution in [0.2, 0.25) is 0 Å². The van der Waals surface area contributed by atoms with Crippen LogP contribution >= 0.6 is 0 Å². The van der Waals surface area contributed by atoms with E-state index < -0.39 is 0 Å². The Morgan fingerprint density at radius 1 is 1.44 bits per heavy atom. The van der Waals surface area contributed by atoms with Crippen LogP contribution in [-0.4, -0.2) is 42.0 Å². The van der Waals surface area contributed by atoms with Gasteiger partial charge in [-0.05, 0) is 19.5 Å². The first-order chi connectivity index (χ1) is 8.79. The molecule has 18 heavy (non-hydrogen) atoms. The Kier molecular flexibility index (Phi) is 2.80. The molecular weight excluding hydrogens is 226 g/mol. The summed E-state index contributed by atoms with van der Waals surface area (Å²) in [6.45, 7) is 1.64. The van der Waals surface area contributed by atoms with Gasteiger partial charge in [0, 0.05) is 36.2 Å². The predicted molar refractivity (Wildman–Crippen MR) is 71.7 cm³/mol. The molecule has 1 amide bonds. The quantitative estimate of drug-likeness (QED) is 0.841. The van der Waals surface area contributed by atoms with Crippen LogP contribution in [0.15, 0.2) is 30.5 Å². The first-order valence-corrected chi connectivity index (χ1v) is 6.32. The average Bonchev–Trinajstić information content (AvgIpc) is 3.04. The summed E-state index contributed by atoms with van der Waals surface area (Å²) in [7, 11) is 1.95. The molecule has 1 aromatic carbocycles. The third-order valence-electron chi connectivity index (χ3n) is 3.70. The van der Waals surface area contributed by atoms with E-state index in [9.17, 15) is 4.79 Å². The highest BCUT2D eigenvalue weighted by Gasteiger charge is 2.27. The summed E-state index contributed by atoms with van der Waals surface area (Å²) < 4.78 is 0. The van der Waals surface area contributed by atoms with Gasteiger partial charge < -0.3 is 15.2 Å². The molecule has 0 radical (unpaired) electrons. The van der Waals surface area contributed by atoms with Gasteiger partial charge in [-0.1, -0.05) is 18.2 Å². The maximum Gasteiger partial charge on any atom is 0.256 e. The summed E-state index contributed by atoms with van der Waals surface area (Å²) in [5.74, 6) is 0.130. The van der Waals surface area contributed by atoms with Crippen LogP contribution in [0.1, 0.15) is 16.8 Å². The maximum atomic E-state index is 12.5. The summed E-state index contributed by atoms with van der Waals surface area (Å²) in [6.07, 6.45) is 2.85. The normalized spacial score (nSPS) is 19.6. The number of likely N-dealkylation sites (N-methyl/N-ethyl adjacent to an activating group) is 1. The summed E-state index contributed by atoms with van der Waals surface area (Å²) in [5, 5.41) is 4.24. The maximum absolute atomic E-state index is 12.5. The number of hydrogen-bond acceptors (Lipinski definition) is 2. The van der Waals surface area contributed by atoms with Crippen LogP contribution in [-0.2, 0) is 0 Å². The Morgan fingerprint density at radius 2 is 2.28 bits per heavy atom. The minimum atomic E-state index is 0.130. The Morgan fingerprint density at radius 3 is 3.06 bits per heavy atom. The number of carbonyl (C=O) groups is 1. The topological polar surface area (TPSA) is 48.1 Å². The Hall–Kier alpha value is -1.81. The summed E-state index contributed by atoms with van der Waals surface area (Å²) >= 11 is 0. The van der Waals surface area contributed by atoms with Crippen LogP contribution in [0.5, 0.6) is 0 Å². The van der Waals surface area contributed by atoms with E-state index in [1.165, 1.54) is 0 Å². The fraction of sp³-hybridized carbons (Fsp3) is 0.357. The van der Waals surface area contributed by atoms with Gasteiger partial charge in [0.1, 0.15) is 0 Å². The minimum Gasteiger partial charge on any atom is -0.360 e. The van der Waals surface area contributed by atoms with Crippen LogP contribution in [0, 0.1) is 0 Å². The van der Waals surface area contributed by atoms with Crippen molar-refractivity contribution in [2.75, 3.05) is 20.1 Å². The first-order valence-electron chi connectivity index (χ1n) is 6.32. The van der Waals surface area contributed by atoms with E-state index in [0.717, 1.165) is 36.0 Å². The molecule has 0 bridgehead atoms. The lowest BCUT2D eigenvalue weighted by atomic mass is 10.1. The molecule has 4 heteroatoms. The molecule has 94 valence electrons. The molecule has 2 N–H and O–H groups in total. The summed E-state index contributed by atoms with van der Waals surface area (Å²) in [6, 6.07) is 8.35. The van der Waals surface area contributed by atoms with Gasteiger partial charge in [-0.25, -0.2) is 0 Å². The molecule has 2 aromatic rings. The van der Waals surface area contributed by atoms with Crippen molar-refractivity contribution in [2.45, 2.75) is 12.5 Å².